The van der Waals surface area contributed by atoms with E-state index in [1.165, 1.54) is 19.1 Å². The smallest absolute Gasteiger partial charge is 0.312 e. The Morgan fingerprint density at radius 1 is 0.707 bits per heavy atom. The van der Waals surface area contributed by atoms with Gasteiger partial charge in [0.15, 0.2) is 0 Å². The largest absolute Gasteiger partial charge is 0.461 e. The normalized spacial score (nSPS) is 13.2. The molecule has 1 aromatic carbocycles. The molecular weight excluding hydrogens is 762 g/mol. The van der Waals surface area contributed by atoms with Crippen molar-refractivity contribution < 1.29 is 62.0 Å². The predicted molar refractivity (Wildman–Crippen MR) is 207 cm³/mol. The molecule has 8 amide bonds. The fourth-order valence-corrected chi connectivity index (χ4v) is 5.07. The van der Waals surface area contributed by atoms with Gasteiger partial charge < -0.3 is 56.0 Å². The van der Waals surface area contributed by atoms with Crippen LogP contribution in [0.5, 0.6) is 0 Å². The Labute approximate surface area is 337 Å². The number of primary amides is 1. The van der Waals surface area contributed by atoms with Crippen molar-refractivity contribution in [2.75, 3.05) is 77.8 Å². The van der Waals surface area contributed by atoms with Crippen LogP contribution in [0.1, 0.15) is 52.0 Å². The summed E-state index contributed by atoms with van der Waals surface area (Å²) < 4.78 is 26.8. The van der Waals surface area contributed by atoms with E-state index in [2.05, 4.69) is 26.6 Å². The number of carbonyl (C=O) groups is 8. The minimum atomic E-state index is -1.01. The molecule has 1 heterocycles. The van der Waals surface area contributed by atoms with Crippen molar-refractivity contribution >= 4 is 53.1 Å². The molecule has 0 saturated carbocycles. The lowest BCUT2D eigenvalue weighted by molar-refractivity contribution is -0.142. The summed E-state index contributed by atoms with van der Waals surface area (Å²) in [4.78, 5) is 97.4. The third kappa shape index (κ3) is 21.2. The number of anilines is 1. The number of rotatable bonds is 30. The van der Waals surface area contributed by atoms with Crippen molar-refractivity contribution in [2.45, 2.75) is 65.1 Å². The number of esters is 1. The molecule has 20 heteroatoms. The molecule has 2 atom stereocenters. The quantitative estimate of drug-likeness (QED) is 0.0330. The van der Waals surface area contributed by atoms with Gasteiger partial charge >= 0.3 is 12.0 Å². The summed E-state index contributed by atoms with van der Waals surface area (Å²) in [7, 11) is 0. The molecule has 0 saturated heterocycles. The number of nitrogens with two attached hydrogens (primary N) is 1. The zero-order chi connectivity index (χ0) is 42.7. The van der Waals surface area contributed by atoms with Crippen LogP contribution in [-0.2, 0) is 63.9 Å². The fourth-order valence-electron chi connectivity index (χ4n) is 5.07. The van der Waals surface area contributed by atoms with E-state index < -0.39 is 53.6 Å². The van der Waals surface area contributed by atoms with Crippen LogP contribution in [0, 0.1) is 5.92 Å². The average Bonchev–Trinajstić information content (AvgIpc) is 3.50. The van der Waals surface area contributed by atoms with Crippen LogP contribution in [0.4, 0.5) is 10.5 Å². The van der Waals surface area contributed by atoms with Gasteiger partial charge in [-0.2, -0.15) is 0 Å². The molecule has 322 valence electrons. The number of imide groups is 1. The minimum Gasteiger partial charge on any atom is -0.461 e. The SMILES string of the molecule is CC(=O)OCc1ccc(NC(=O)C(CCCNC(N)=O)NC(=O)C(NC(=O)CCOCCOCCOCCOCCNC(=O)CCN2C(=O)C=CC2=O)C(C)C)cc1. The molecule has 0 spiro atoms. The van der Waals surface area contributed by atoms with Crippen LogP contribution in [0.3, 0.4) is 0 Å². The summed E-state index contributed by atoms with van der Waals surface area (Å²) in [5.41, 5.74) is 6.30. The van der Waals surface area contributed by atoms with Gasteiger partial charge in [0.1, 0.15) is 18.7 Å². The first-order chi connectivity index (χ1) is 27.8. The van der Waals surface area contributed by atoms with Crippen LogP contribution in [0.25, 0.3) is 0 Å². The first kappa shape index (κ1) is 48.7. The molecule has 20 nitrogen and oxygen atoms in total. The van der Waals surface area contributed by atoms with Crippen molar-refractivity contribution in [3.63, 3.8) is 0 Å². The van der Waals surface area contributed by atoms with Crippen molar-refractivity contribution in [1.82, 2.24) is 26.2 Å². The second kappa shape index (κ2) is 28.0. The number of carbonyl (C=O) groups excluding carboxylic acids is 8. The number of ether oxygens (including phenoxy) is 5. The second-order valence-electron chi connectivity index (χ2n) is 13.2. The first-order valence-electron chi connectivity index (χ1n) is 19.0. The molecule has 58 heavy (non-hydrogen) atoms. The highest BCUT2D eigenvalue weighted by molar-refractivity contribution is 6.13. The molecule has 1 aliphatic heterocycles. The van der Waals surface area contributed by atoms with Gasteiger partial charge in [0.25, 0.3) is 11.8 Å². The van der Waals surface area contributed by atoms with E-state index in [4.69, 9.17) is 29.4 Å². The second-order valence-corrected chi connectivity index (χ2v) is 13.2. The standard InChI is InChI=1S/C38H57N7O13/c1-26(2)35(37(52)43-30(5-4-14-41-38(39)53)36(51)42-29-8-6-28(7-9-29)25-58-27(3)46)44-32(48)13-17-54-19-21-56-23-24-57-22-20-55-18-15-40-31(47)12-16-45-33(49)10-11-34(45)50/h6-11,26,30,35H,4-5,12-25H2,1-3H3,(H,40,47)(H,42,51)(H,43,52)(H,44,48)(H3,39,41,53). The van der Waals surface area contributed by atoms with E-state index in [0.29, 0.717) is 38.5 Å². The Balaban J connectivity index is 1.60. The molecule has 1 aliphatic rings. The van der Waals surface area contributed by atoms with Crippen LogP contribution < -0.4 is 32.3 Å². The van der Waals surface area contributed by atoms with Gasteiger partial charge in [0.2, 0.25) is 23.6 Å². The fraction of sp³-hybridized carbons (Fsp3) is 0.579. The van der Waals surface area contributed by atoms with Gasteiger partial charge in [-0.25, -0.2) is 4.79 Å². The van der Waals surface area contributed by atoms with Crippen LogP contribution in [0.15, 0.2) is 36.4 Å². The molecule has 0 aromatic heterocycles. The topological polar surface area (TPSA) is 272 Å². The molecule has 1 aromatic rings. The number of nitrogens with zero attached hydrogens (tertiary/aromatic N) is 1. The summed E-state index contributed by atoms with van der Waals surface area (Å²) in [6, 6.07) is 3.97. The van der Waals surface area contributed by atoms with Gasteiger partial charge in [-0.15, -0.1) is 0 Å². The van der Waals surface area contributed by atoms with Crippen molar-refractivity contribution in [3.8, 4) is 0 Å². The van der Waals surface area contributed by atoms with Gasteiger partial charge in [-0.3, -0.25) is 38.5 Å². The molecule has 0 fully saturated rings. The lowest BCUT2D eigenvalue weighted by Gasteiger charge is -2.25. The Bertz CT molecular complexity index is 1520. The molecule has 0 bridgehead atoms. The lowest BCUT2D eigenvalue weighted by Crippen LogP contribution is -2.54. The Kier molecular flexibility index (Phi) is 23.5. The van der Waals surface area contributed by atoms with Crippen molar-refractivity contribution in [1.29, 1.82) is 0 Å². The Hall–Kier alpha value is -5.44. The van der Waals surface area contributed by atoms with Crippen LogP contribution in [-0.4, -0.2) is 137 Å². The van der Waals surface area contributed by atoms with Crippen molar-refractivity contribution in [2.24, 2.45) is 11.7 Å². The molecule has 0 aliphatic carbocycles. The Morgan fingerprint density at radius 3 is 1.86 bits per heavy atom. The molecular formula is C38H57N7O13. The number of hydrogen-bond donors (Lipinski definition) is 6. The number of nitrogens with one attached hydrogen (secondary N) is 5. The molecule has 0 radical (unpaired) electrons. The van der Waals surface area contributed by atoms with Gasteiger partial charge in [-0.05, 0) is 36.5 Å². The zero-order valence-corrected chi connectivity index (χ0v) is 33.3. The highest BCUT2D eigenvalue weighted by Gasteiger charge is 2.29. The number of urea groups is 1. The predicted octanol–water partition coefficient (Wildman–Crippen LogP) is -0.350. The number of amides is 8. The Morgan fingerprint density at radius 2 is 1.29 bits per heavy atom. The van der Waals surface area contributed by atoms with Gasteiger partial charge in [0.05, 0.1) is 52.9 Å². The van der Waals surface area contributed by atoms with E-state index in [1.807, 2.05) is 0 Å². The van der Waals surface area contributed by atoms with Crippen LogP contribution >= 0.6 is 0 Å². The lowest BCUT2D eigenvalue weighted by atomic mass is 10.0. The van der Waals surface area contributed by atoms with E-state index in [0.717, 1.165) is 10.5 Å². The van der Waals surface area contributed by atoms with Crippen LogP contribution in [0.2, 0.25) is 0 Å². The van der Waals surface area contributed by atoms with Gasteiger partial charge in [0, 0.05) is 57.2 Å². The number of hydrogen-bond acceptors (Lipinski definition) is 13. The van der Waals surface area contributed by atoms with E-state index in [9.17, 15) is 38.4 Å². The van der Waals surface area contributed by atoms with Gasteiger partial charge in [-0.1, -0.05) is 26.0 Å². The highest BCUT2D eigenvalue weighted by Crippen LogP contribution is 2.13. The maximum atomic E-state index is 13.4. The number of benzene rings is 1. The van der Waals surface area contributed by atoms with E-state index in [1.54, 1.807) is 38.1 Å². The maximum Gasteiger partial charge on any atom is 0.312 e. The molecule has 2 unspecified atom stereocenters. The molecule has 2 rings (SSSR count). The summed E-state index contributed by atoms with van der Waals surface area (Å²) in [5, 5.41) is 13.3. The highest BCUT2D eigenvalue weighted by atomic mass is 16.6. The monoisotopic (exact) mass is 819 g/mol. The summed E-state index contributed by atoms with van der Waals surface area (Å²) in [6.45, 7) is 7.51. The average molecular weight is 820 g/mol. The third-order valence-corrected chi connectivity index (χ3v) is 8.15. The summed E-state index contributed by atoms with van der Waals surface area (Å²) in [6.07, 6.45) is 2.82. The minimum absolute atomic E-state index is 0.0108. The molecule has 7 N–H and O–H groups in total. The zero-order valence-electron chi connectivity index (χ0n) is 33.3. The van der Waals surface area contributed by atoms with Crippen molar-refractivity contribution in [3.05, 3.63) is 42.0 Å². The third-order valence-electron chi connectivity index (χ3n) is 8.15. The summed E-state index contributed by atoms with van der Waals surface area (Å²) >= 11 is 0. The summed E-state index contributed by atoms with van der Waals surface area (Å²) in [5.74, 6) is -3.37. The maximum absolute atomic E-state index is 13.4. The first-order valence-corrected chi connectivity index (χ1v) is 19.0. The van der Waals surface area contributed by atoms with E-state index >= 15 is 0 Å². The van der Waals surface area contributed by atoms with E-state index in [-0.39, 0.29) is 83.8 Å².